The number of aromatic nitrogens is 1. The Morgan fingerprint density at radius 2 is 0.884 bits per heavy atom. The van der Waals surface area contributed by atoms with Crippen molar-refractivity contribution in [1.29, 1.82) is 0 Å². The fraction of sp³-hybridized carbons (Fsp3) is 0.364. The number of benzene rings is 8. The van der Waals surface area contributed by atoms with Crippen LogP contribution in [0.1, 0.15) is 158 Å². The topological polar surface area (TPSA) is 8.17 Å². The van der Waals surface area contributed by atoms with Gasteiger partial charge in [0.25, 0.3) is 0 Å². The first kappa shape index (κ1) is 45.6. The van der Waals surface area contributed by atoms with E-state index in [2.05, 4.69) is 249 Å². The van der Waals surface area contributed by atoms with Crippen molar-refractivity contribution in [3.8, 4) is 11.1 Å². The molecule has 2 aliphatic rings. The van der Waals surface area contributed by atoms with Gasteiger partial charge in [0.15, 0.2) is 0 Å². The van der Waals surface area contributed by atoms with Crippen molar-refractivity contribution < 1.29 is 0 Å². The second-order valence-electron chi connectivity index (χ2n) is 27.2. The van der Waals surface area contributed by atoms with Crippen LogP contribution in [0.15, 0.2) is 115 Å². The lowest BCUT2D eigenvalue weighted by atomic mass is 9.44. The molecule has 0 aliphatic carbocycles. The van der Waals surface area contributed by atoms with Gasteiger partial charge in [0.1, 0.15) is 0 Å². The van der Waals surface area contributed by atoms with Gasteiger partial charge in [-0.1, -0.05) is 191 Å². The Kier molecular flexibility index (Phi) is 9.52. The summed E-state index contributed by atoms with van der Waals surface area (Å²) in [5.74, 6) is 0. The van der Waals surface area contributed by atoms with Gasteiger partial charge in [0, 0.05) is 44.4 Å². The van der Waals surface area contributed by atoms with E-state index in [0.29, 0.717) is 0 Å². The van der Waals surface area contributed by atoms with Gasteiger partial charge in [-0.2, -0.15) is 0 Å². The Morgan fingerprint density at radius 1 is 0.377 bits per heavy atom. The maximum atomic E-state index is 2.79. The molecule has 0 saturated carbocycles. The molecule has 0 amide bonds. The maximum Gasteiger partial charge on any atom is 0.333 e. The third kappa shape index (κ3) is 6.87. The zero-order chi connectivity index (χ0) is 49.4. The molecule has 350 valence electrons. The van der Waals surface area contributed by atoms with Crippen molar-refractivity contribution in [2.75, 3.05) is 4.90 Å². The normalized spacial score (nSPS) is 14.5. The summed E-state index contributed by atoms with van der Waals surface area (Å²) in [6, 6.07) is 46.4. The Hall–Kier alpha value is -5.80. The predicted octanol–water partition coefficient (Wildman–Crippen LogP) is 17.5. The van der Waals surface area contributed by atoms with E-state index in [-0.39, 0.29) is 39.3 Å². The fourth-order valence-corrected chi connectivity index (χ4v) is 12.3. The molecule has 9 aromatic rings. The first-order valence-electron chi connectivity index (χ1n) is 25.7. The monoisotopic (exact) mass is 905 g/mol. The summed E-state index contributed by atoms with van der Waals surface area (Å²) in [5, 5.41) is 10.7. The molecule has 0 N–H and O–H groups in total. The minimum atomic E-state index is -0.128. The lowest BCUT2D eigenvalue weighted by Crippen LogP contribution is -2.56. The first-order chi connectivity index (χ1) is 32.0. The molecule has 69 heavy (non-hydrogen) atoms. The van der Waals surface area contributed by atoms with E-state index in [4.69, 9.17) is 0 Å². The van der Waals surface area contributed by atoms with Crippen LogP contribution < -0.4 is 15.8 Å². The van der Waals surface area contributed by atoms with Crippen LogP contribution in [0, 0.1) is 0 Å². The highest BCUT2D eigenvalue weighted by atomic mass is 15.2. The molecule has 3 heteroatoms. The van der Waals surface area contributed by atoms with Gasteiger partial charge in [0.2, 0.25) is 0 Å². The zero-order valence-corrected chi connectivity index (χ0v) is 44.9. The molecule has 11 rings (SSSR count). The van der Waals surface area contributed by atoms with Gasteiger partial charge in [0.05, 0.1) is 0 Å². The van der Waals surface area contributed by atoms with Crippen LogP contribution in [0.4, 0.5) is 17.1 Å². The number of hydrogen-bond donors (Lipinski definition) is 0. The number of hydrogen-bond acceptors (Lipinski definition) is 1. The molecule has 0 unspecified atom stereocenters. The quantitative estimate of drug-likeness (QED) is 0.118. The molecular formula is C66H73BN2. The van der Waals surface area contributed by atoms with Gasteiger partial charge < -0.3 is 9.38 Å². The van der Waals surface area contributed by atoms with Gasteiger partial charge in [-0.3, -0.25) is 0 Å². The van der Waals surface area contributed by atoms with Gasteiger partial charge in [-0.25, -0.2) is 0 Å². The Labute approximate surface area is 413 Å². The van der Waals surface area contributed by atoms with Crippen LogP contribution in [0.2, 0.25) is 0 Å². The summed E-state index contributed by atoms with van der Waals surface area (Å²) in [4.78, 5) is 2.71. The van der Waals surface area contributed by atoms with E-state index in [0.717, 1.165) is 0 Å². The van der Waals surface area contributed by atoms with E-state index in [1.54, 1.807) is 0 Å². The third-order valence-electron chi connectivity index (χ3n) is 15.9. The third-order valence-corrected chi connectivity index (χ3v) is 15.9. The zero-order valence-electron chi connectivity index (χ0n) is 44.9. The summed E-state index contributed by atoms with van der Waals surface area (Å²) < 4.78 is 2.79. The standard InChI is InChI=1S/C66H73BN2/c1-61(2,3)39-27-28-53-47(33-39)50-34-42(64(10,11)12)35-51-56-44-24-20-19-23-38(44)29-55-59(56)67(69(53)60(50)51)52-36-48-49(58(66(16,17)18)46-26-22-21-25-45(46)57(48)65(13,14)15)37-54(52)68(55)43-31-40(62(4,5)6)30-41(32-43)63(7,8)9/h19-37H,1-18H3. The maximum absolute atomic E-state index is 2.79. The molecule has 0 radical (unpaired) electrons. The molecule has 8 aromatic carbocycles. The van der Waals surface area contributed by atoms with E-state index in [9.17, 15) is 0 Å². The molecule has 3 heterocycles. The van der Waals surface area contributed by atoms with Crippen molar-refractivity contribution in [3.63, 3.8) is 0 Å². The predicted molar refractivity (Wildman–Crippen MR) is 305 cm³/mol. The molecule has 2 aliphatic heterocycles. The summed E-state index contributed by atoms with van der Waals surface area (Å²) in [7, 11) is 0. The lowest BCUT2D eigenvalue weighted by molar-refractivity contribution is 0.568. The van der Waals surface area contributed by atoms with Crippen molar-refractivity contribution >= 4 is 89.0 Å². The lowest BCUT2D eigenvalue weighted by Gasteiger charge is -2.42. The minimum Gasteiger partial charge on any atom is -0.375 e. The van der Waals surface area contributed by atoms with Crippen LogP contribution >= 0.6 is 0 Å². The minimum absolute atomic E-state index is 0.000836. The highest BCUT2D eigenvalue weighted by Crippen LogP contribution is 2.52. The van der Waals surface area contributed by atoms with Crippen LogP contribution in [-0.4, -0.2) is 11.3 Å². The smallest absolute Gasteiger partial charge is 0.333 e. The van der Waals surface area contributed by atoms with Gasteiger partial charge in [-0.15, -0.1) is 0 Å². The number of anilines is 3. The van der Waals surface area contributed by atoms with Crippen LogP contribution in [-0.2, 0) is 32.5 Å². The van der Waals surface area contributed by atoms with E-state index >= 15 is 0 Å². The molecule has 0 spiro atoms. The van der Waals surface area contributed by atoms with Gasteiger partial charge in [-0.05, 0) is 163 Å². The average molecular weight is 905 g/mol. The van der Waals surface area contributed by atoms with Crippen molar-refractivity contribution in [1.82, 2.24) is 4.48 Å². The second kappa shape index (κ2) is 14.4. The Balaban J connectivity index is 1.42. The summed E-state index contributed by atoms with van der Waals surface area (Å²) in [5.41, 5.74) is 19.7. The number of rotatable bonds is 1. The second-order valence-corrected chi connectivity index (χ2v) is 27.2. The SMILES string of the molecule is CC(C)(C)c1cc(N2c3cc4c(C(C)(C)C)c5ccccc5c(C(C)(C)C)c4cc3B3c4c2cc2ccccc2c4-c2cc(C(C)(C)C)cc4c5cc(C(C)(C)C)ccc5n3c24)cc(C(C)(C)C)c1. The molecule has 0 bridgehead atoms. The molecule has 0 saturated heterocycles. The van der Waals surface area contributed by atoms with E-state index in [1.807, 2.05) is 0 Å². The molecule has 1 aromatic heterocycles. The van der Waals surface area contributed by atoms with Crippen LogP contribution in [0.5, 0.6) is 0 Å². The number of fused-ring (bicyclic) bond motifs is 11. The molecular weight excluding hydrogens is 832 g/mol. The highest BCUT2D eigenvalue weighted by molar-refractivity contribution is 6.90. The van der Waals surface area contributed by atoms with E-state index < -0.39 is 0 Å². The first-order valence-corrected chi connectivity index (χ1v) is 25.7. The van der Waals surface area contributed by atoms with Crippen molar-refractivity contribution in [2.24, 2.45) is 0 Å². The Morgan fingerprint density at radius 3 is 1.43 bits per heavy atom. The van der Waals surface area contributed by atoms with Crippen LogP contribution in [0.25, 0.3) is 65.3 Å². The molecule has 0 atom stereocenters. The average Bonchev–Trinajstić information content (AvgIpc) is 3.57. The van der Waals surface area contributed by atoms with Crippen LogP contribution in [0.3, 0.4) is 0 Å². The highest BCUT2D eigenvalue weighted by Gasteiger charge is 2.45. The summed E-state index contributed by atoms with van der Waals surface area (Å²) in [6.07, 6.45) is 0. The van der Waals surface area contributed by atoms with Gasteiger partial charge >= 0.3 is 6.85 Å². The number of nitrogens with zero attached hydrogens (tertiary/aromatic N) is 2. The summed E-state index contributed by atoms with van der Waals surface area (Å²) >= 11 is 0. The summed E-state index contributed by atoms with van der Waals surface area (Å²) in [6.45, 7) is 42.8. The van der Waals surface area contributed by atoms with Crippen molar-refractivity contribution in [2.45, 2.75) is 157 Å². The molecule has 2 nitrogen and oxygen atoms in total. The molecule has 0 fully saturated rings. The van der Waals surface area contributed by atoms with Crippen molar-refractivity contribution in [3.05, 3.63) is 149 Å². The Bertz CT molecular complexity index is 3630. The largest absolute Gasteiger partial charge is 0.375 e. The fourth-order valence-electron chi connectivity index (χ4n) is 12.3. The van der Waals surface area contributed by atoms with E-state index in [1.165, 1.54) is 127 Å².